The summed E-state index contributed by atoms with van der Waals surface area (Å²) in [6.07, 6.45) is 5.58. The normalized spacial score (nSPS) is 22.0. The van der Waals surface area contributed by atoms with Gasteiger partial charge in [0.25, 0.3) is 5.56 Å². The van der Waals surface area contributed by atoms with Crippen LogP contribution in [0.25, 0.3) is 10.2 Å². The summed E-state index contributed by atoms with van der Waals surface area (Å²) in [5.74, 6) is -0.320. The highest BCUT2D eigenvalue weighted by atomic mass is 32.1. The molecule has 0 saturated heterocycles. The second kappa shape index (κ2) is 6.58. The largest absolute Gasteiger partial charge is 0.369 e. The van der Waals surface area contributed by atoms with E-state index in [0.29, 0.717) is 17.8 Å². The minimum atomic E-state index is -0.226. The number of carbonyl (C=O) groups excluding carboxylic acids is 1. The number of hydrogen-bond acceptors (Lipinski definition) is 5. The average Bonchev–Trinajstić information content (AvgIpc) is 2.99. The molecule has 6 nitrogen and oxygen atoms in total. The van der Waals surface area contributed by atoms with Crippen molar-refractivity contribution >= 4 is 27.5 Å². The van der Waals surface area contributed by atoms with Crippen LogP contribution < -0.4 is 16.6 Å². The molecule has 2 atom stereocenters. The van der Waals surface area contributed by atoms with Crippen molar-refractivity contribution < 1.29 is 4.79 Å². The number of primary amides is 1. The maximum atomic E-state index is 12.3. The Kier molecular flexibility index (Phi) is 4.54. The van der Waals surface area contributed by atoms with Gasteiger partial charge >= 0.3 is 0 Å². The average molecular weight is 320 g/mol. The minimum absolute atomic E-state index is 0.00287. The summed E-state index contributed by atoms with van der Waals surface area (Å²) in [5.41, 5.74) is 6.22. The number of nitrogens with zero attached hydrogens (tertiary/aromatic N) is 2. The van der Waals surface area contributed by atoms with Gasteiger partial charge in [0.2, 0.25) is 5.91 Å². The highest BCUT2D eigenvalue weighted by Gasteiger charge is 2.28. The molecular formula is C15H20N4O2S. The van der Waals surface area contributed by atoms with E-state index in [1.807, 2.05) is 11.4 Å². The lowest BCUT2D eigenvalue weighted by Crippen LogP contribution is -2.46. The lowest BCUT2D eigenvalue weighted by Gasteiger charge is -2.30. The number of rotatable bonds is 5. The van der Waals surface area contributed by atoms with Gasteiger partial charge in [0.05, 0.1) is 17.8 Å². The van der Waals surface area contributed by atoms with Crippen LogP contribution in [0.2, 0.25) is 0 Å². The smallest absolute Gasteiger partial charge is 0.271 e. The standard InChI is InChI=1S/C15H20N4O2S/c16-14(20)10-3-1-2-4-11(10)17-6-7-19-9-18-12-5-8-22-13(12)15(19)21/h5,8-11,17H,1-4,6-7H2,(H2,16,20)/t10-,11-/m1/s1. The molecule has 7 heteroatoms. The first kappa shape index (κ1) is 15.2. The third-order valence-electron chi connectivity index (χ3n) is 4.33. The zero-order valence-electron chi connectivity index (χ0n) is 12.3. The van der Waals surface area contributed by atoms with Crippen molar-refractivity contribution in [1.29, 1.82) is 0 Å². The highest BCUT2D eigenvalue weighted by molar-refractivity contribution is 7.17. The van der Waals surface area contributed by atoms with Crippen LogP contribution in [-0.2, 0) is 11.3 Å². The van der Waals surface area contributed by atoms with Gasteiger partial charge in [0.15, 0.2) is 0 Å². The Morgan fingerprint density at radius 2 is 2.27 bits per heavy atom. The Balaban J connectivity index is 1.63. The van der Waals surface area contributed by atoms with Gasteiger partial charge in [-0.3, -0.25) is 14.2 Å². The molecule has 118 valence electrons. The monoisotopic (exact) mass is 320 g/mol. The van der Waals surface area contributed by atoms with Crippen LogP contribution in [-0.4, -0.2) is 28.0 Å². The molecule has 0 spiro atoms. The molecule has 0 aromatic carbocycles. The third-order valence-corrected chi connectivity index (χ3v) is 5.22. The van der Waals surface area contributed by atoms with Crippen molar-refractivity contribution in [3.05, 3.63) is 28.1 Å². The van der Waals surface area contributed by atoms with Crippen molar-refractivity contribution in [1.82, 2.24) is 14.9 Å². The van der Waals surface area contributed by atoms with Gasteiger partial charge in [0, 0.05) is 19.1 Å². The predicted molar refractivity (Wildman–Crippen MR) is 86.8 cm³/mol. The number of nitrogens with two attached hydrogens (primary N) is 1. The fourth-order valence-corrected chi connectivity index (χ4v) is 3.92. The topological polar surface area (TPSA) is 90.0 Å². The van der Waals surface area contributed by atoms with Crippen molar-refractivity contribution in [3.8, 4) is 0 Å². The Hall–Kier alpha value is -1.73. The van der Waals surface area contributed by atoms with Crippen molar-refractivity contribution in [2.75, 3.05) is 6.54 Å². The first-order valence-electron chi connectivity index (χ1n) is 7.62. The predicted octanol–water partition coefficient (Wildman–Crippen LogP) is 1.09. The van der Waals surface area contributed by atoms with Gasteiger partial charge in [-0.15, -0.1) is 11.3 Å². The number of carbonyl (C=O) groups is 1. The van der Waals surface area contributed by atoms with Crippen LogP contribution in [0.3, 0.4) is 0 Å². The van der Waals surface area contributed by atoms with Crippen LogP contribution >= 0.6 is 11.3 Å². The first-order valence-corrected chi connectivity index (χ1v) is 8.50. The van der Waals surface area contributed by atoms with Crippen molar-refractivity contribution in [3.63, 3.8) is 0 Å². The van der Waals surface area contributed by atoms with Crippen LogP contribution in [0, 0.1) is 5.92 Å². The van der Waals surface area contributed by atoms with Crippen LogP contribution in [0.4, 0.5) is 0 Å². The molecule has 22 heavy (non-hydrogen) atoms. The van der Waals surface area contributed by atoms with Gasteiger partial charge in [0.1, 0.15) is 4.70 Å². The summed E-state index contributed by atoms with van der Waals surface area (Å²) in [6.45, 7) is 1.18. The number of amides is 1. The summed E-state index contributed by atoms with van der Waals surface area (Å²) < 4.78 is 2.31. The molecule has 3 rings (SSSR count). The zero-order valence-corrected chi connectivity index (χ0v) is 13.1. The maximum absolute atomic E-state index is 12.3. The molecule has 1 aliphatic rings. The van der Waals surface area contributed by atoms with E-state index in [4.69, 9.17) is 5.73 Å². The summed E-state index contributed by atoms with van der Waals surface area (Å²) >= 11 is 1.42. The van der Waals surface area contributed by atoms with Gasteiger partial charge in [-0.1, -0.05) is 12.8 Å². The zero-order chi connectivity index (χ0) is 15.5. The van der Waals surface area contributed by atoms with Gasteiger partial charge in [-0.25, -0.2) is 4.98 Å². The van der Waals surface area contributed by atoms with E-state index in [0.717, 1.165) is 31.2 Å². The molecular weight excluding hydrogens is 300 g/mol. The summed E-state index contributed by atoms with van der Waals surface area (Å²) in [4.78, 5) is 28.0. The van der Waals surface area contributed by atoms with Crippen LogP contribution in [0.15, 0.2) is 22.6 Å². The molecule has 2 heterocycles. The van der Waals surface area contributed by atoms with Gasteiger partial charge in [-0.05, 0) is 24.3 Å². The first-order chi connectivity index (χ1) is 10.7. The number of aromatic nitrogens is 2. The van der Waals surface area contributed by atoms with E-state index in [-0.39, 0.29) is 23.4 Å². The second-order valence-corrected chi connectivity index (χ2v) is 6.65. The summed E-state index contributed by atoms with van der Waals surface area (Å²) in [6, 6.07) is 1.98. The molecule has 0 unspecified atom stereocenters. The molecule has 3 N–H and O–H groups in total. The lowest BCUT2D eigenvalue weighted by molar-refractivity contribution is -0.123. The van der Waals surface area contributed by atoms with Crippen molar-refractivity contribution in [2.45, 2.75) is 38.3 Å². The number of thiophene rings is 1. The molecule has 0 aliphatic heterocycles. The van der Waals surface area contributed by atoms with E-state index in [9.17, 15) is 9.59 Å². The Labute approximate surface area is 132 Å². The Bertz CT molecular complexity index is 724. The van der Waals surface area contributed by atoms with Crippen LogP contribution in [0.5, 0.6) is 0 Å². The molecule has 2 aromatic heterocycles. The van der Waals surface area contributed by atoms with E-state index in [1.54, 1.807) is 10.9 Å². The number of hydrogen-bond donors (Lipinski definition) is 2. The summed E-state index contributed by atoms with van der Waals surface area (Å²) in [7, 11) is 0. The SMILES string of the molecule is NC(=O)[C@@H]1CCCC[C@H]1NCCn1cnc2ccsc2c1=O. The summed E-state index contributed by atoms with van der Waals surface area (Å²) in [5, 5.41) is 5.26. The molecule has 0 radical (unpaired) electrons. The van der Waals surface area contributed by atoms with Crippen LogP contribution in [0.1, 0.15) is 25.7 Å². The lowest BCUT2D eigenvalue weighted by atomic mass is 9.84. The molecule has 2 aromatic rings. The van der Waals surface area contributed by atoms with Gasteiger partial charge in [-0.2, -0.15) is 0 Å². The van der Waals surface area contributed by atoms with Gasteiger partial charge < -0.3 is 11.1 Å². The number of nitrogens with one attached hydrogen (secondary N) is 1. The van der Waals surface area contributed by atoms with Crippen molar-refractivity contribution in [2.24, 2.45) is 11.7 Å². The highest BCUT2D eigenvalue weighted by Crippen LogP contribution is 2.24. The molecule has 1 aliphatic carbocycles. The Morgan fingerprint density at radius 3 is 3.09 bits per heavy atom. The van der Waals surface area contributed by atoms with E-state index < -0.39 is 0 Å². The molecule has 0 bridgehead atoms. The Morgan fingerprint density at radius 1 is 1.45 bits per heavy atom. The molecule has 1 amide bonds. The van der Waals surface area contributed by atoms with E-state index in [2.05, 4.69) is 10.3 Å². The van der Waals surface area contributed by atoms with E-state index in [1.165, 1.54) is 11.3 Å². The minimum Gasteiger partial charge on any atom is -0.369 e. The fraction of sp³-hybridized carbons (Fsp3) is 0.533. The van der Waals surface area contributed by atoms with E-state index >= 15 is 0 Å². The quantitative estimate of drug-likeness (QED) is 0.863. The fourth-order valence-electron chi connectivity index (χ4n) is 3.12. The molecule has 1 saturated carbocycles. The third kappa shape index (κ3) is 3.05. The molecule has 1 fully saturated rings. The number of fused-ring (bicyclic) bond motifs is 1. The second-order valence-electron chi connectivity index (χ2n) is 5.73. The maximum Gasteiger partial charge on any atom is 0.271 e.